The fourth-order valence-electron chi connectivity index (χ4n) is 2.94. The number of methoxy groups -OCH3 is 2. The highest BCUT2D eigenvalue weighted by atomic mass is 35.5. The van der Waals surface area contributed by atoms with Gasteiger partial charge in [-0.3, -0.25) is 4.79 Å². The Morgan fingerprint density at radius 2 is 1.88 bits per heavy atom. The number of carboxylic acids is 1. The van der Waals surface area contributed by atoms with Crippen LogP contribution in [0.5, 0.6) is 11.5 Å². The third-order valence-corrected chi connectivity index (χ3v) is 6.72. The van der Waals surface area contributed by atoms with Crippen molar-refractivity contribution in [3.8, 4) is 11.5 Å². The number of piperidine rings is 1. The van der Waals surface area contributed by atoms with Gasteiger partial charge >= 0.3 is 5.97 Å². The van der Waals surface area contributed by atoms with Gasteiger partial charge in [-0.1, -0.05) is 11.6 Å². The molecule has 0 amide bonds. The maximum absolute atomic E-state index is 13.0. The quantitative estimate of drug-likeness (QED) is 0.845. The SMILES string of the molecule is COc1cc(Cl)c(S(=O)(=O)N2CCC[C@H](C(=O)O)[C@@H]2C)cc1OC. The summed E-state index contributed by atoms with van der Waals surface area (Å²) in [6, 6.07) is 2.01. The van der Waals surface area contributed by atoms with Gasteiger partial charge in [0.05, 0.1) is 25.2 Å². The van der Waals surface area contributed by atoms with E-state index in [-0.39, 0.29) is 22.2 Å². The second-order valence-corrected chi connectivity index (χ2v) is 7.85. The number of aliphatic carboxylic acids is 1. The van der Waals surface area contributed by atoms with Gasteiger partial charge in [-0.05, 0) is 19.8 Å². The third kappa shape index (κ3) is 3.31. The molecule has 0 aromatic heterocycles. The molecule has 1 aromatic carbocycles. The van der Waals surface area contributed by atoms with Crippen molar-refractivity contribution in [2.75, 3.05) is 20.8 Å². The second-order valence-electron chi connectivity index (χ2n) is 5.58. The Hall–Kier alpha value is -1.51. The van der Waals surface area contributed by atoms with Crippen molar-refractivity contribution in [3.63, 3.8) is 0 Å². The lowest BCUT2D eigenvalue weighted by Gasteiger charge is -2.36. The van der Waals surface area contributed by atoms with Gasteiger partial charge in [-0.25, -0.2) is 8.42 Å². The first-order valence-electron chi connectivity index (χ1n) is 7.40. The number of hydrogen-bond donors (Lipinski definition) is 1. The van der Waals surface area contributed by atoms with E-state index in [0.717, 1.165) is 0 Å². The summed E-state index contributed by atoms with van der Waals surface area (Å²) >= 11 is 6.13. The Kier molecular flexibility index (Phi) is 5.62. The van der Waals surface area contributed by atoms with Gasteiger partial charge in [0, 0.05) is 24.7 Å². The van der Waals surface area contributed by atoms with E-state index in [2.05, 4.69) is 0 Å². The summed E-state index contributed by atoms with van der Waals surface area (Å²) in [6.45, 7) is 1.85. The average Bonchev–Trinajstić information content (AvgIpc) is 2.53. The highest BCUT2D eigenvalue weighted by Crippen LogP contribution is 2.38. The van der Waals surface area contributed by atoms with Gasteiger partial charge in [-0.2, -0.15) is 4.31 Å². The van der Waals surface area contributed by atoms with Crippen LogP contribution in [-0.4, -0.2) is 50.6 Å². The molecule has 2 rings (SSSR count). The first-order valence-corrected chi connectivity index (χ1v) is 9.22. The van der Waals surface area contributed by atoms with Gasteiger partial charge in [0.15, 0.2) is 11.5 Å². The Balaban J connectivity index is 2.48. The fraction of sp³-hybridized carbons (Fsp3) is 0.533. The van der Waals surface area contributed by atoms with Crippen molar-refractivity contribution < 1.29 is 27.8 Å². The minimum Gasteiger partial charge on any atom is -0.493 e. The fourth-order valence-corrected chi connectivity index (χ4v) is 5.16. The molecule has 0 aliphatic carbocycles. The number of carboxylic acid groups (broad SMARTS) is 1. The molecule has 134 valence electrons. The summed E-state index contributed by atoms with van der Waals surface area (Å²) in [7, 11) is -1.15. The minimum absolute atomic E-state index is 0.00250. The van der Waals surface area contributed by atoms with Gasteiger partial charge in [0.2, 0.25) is 10.0 Å². The van der Waals surface area contributed by atoms with Crippen LogP contribution in [0.3, 0.4) is 0 Å². The molecule has 1 aliphatic rings. The smallest absolute Gasteiger partial charge is 0.308 e. The molecule has 0 unspecified atom stereocenters. The highest BCUT2D eigenvalue weighted by Gasteiger charge is 2.40. The Morgan fingerprint density at radius 3 is 2.42 bits per heavy atom. The Labute approximate surface area is 146 Å². The molecule has 0 radical (unpaired) electrons. The number of sulfonamides is 1. The number of benzene rings is 1. The van der Waals surface area contributed by atoms with E-state index in [4.69, 9.17) is 21.1 Å². The van der Waals surface area contributed by atoms with E-state index in [1.807, 2.05) is 0 Å². The zero-order valence-corrected chi connectivity index (χ0v) is 15.2. The molecular formula is C15H20ClNO6S. The molecule has 1 aromatic rings. The van der Waals surface area contributed by atoms with Crippen molar-refractivity contribution >= 4 is 27.6 Å². The molecule has 0 spiro atoms. The zero-order valence-electron chi connectivity index (χ0n) is 13.7. The summed E-state index contributed by atoms with van der Waals surface area (Å²) in [4.78, 5) is 11.2. The van der Waals surface area contributed by atoms with Crippen LogP contribution < -0.4 is 9.47 Å². The zero-order chi connectivity index (χ0) is 18.1. The van der Waals surface area contributed by atoms with Crippen LogP contribution in [0.15, 0.2) is 17.0 Å². The lowest BCUT2D eigenvalue weighted by atomic mass is 9.92. The molecule has 9 heteroatoms. The van der Waals surface area contributed by atoms with Crippen molar-refractivity contribution in [1.29, 1.82) is 0 Å². The van der Waals surface area contributed by atoms with Crippen LogP contribution in [0.1, 0.15) is 19.8 Å². The molecule has 2 atom stereocenters. The van der Waals surface area contributed by atoms with Crippen LogP contribution >= 0.6 is 11.6 Å². The molecule has 0 bridgehead atoms. The van der Waals surface area contributed by atoms with Gasteiger partial charge in [-0.15, -0.1) is 0 Å². The monoisotopic (exact) mass is 377 g/mol. The normalized spacial score (nSPS) is 22.2. The summed E-state index contributed by atoms with van der Waals surface area (Å²) in [5.74, 6) is -1.19. The topological polar surface area (TPSA) is 93.1 Å². The standard InChI is InChI=1S/C15H20ClNO6S/c1-9-10(15(18)19)5-4-6-17(9)24(20,21)14-8-13(23-3)12(22-2)7-11(14)16/h7-10H,4-6H2,1-3H3,(H,18,19)/t9-,10-/m0/s1. The number of rotatable bonds is 5. The molecule has 1 heterocycles. The van der Waals surface area contributed by atoms with Crippen molar-refractivity contribution in [2.45, 2.75) is 30.7 Å². The van der Waals surface area contributed by atoms with E-state index in [9.17, 15) is 18.3 Å². The lowest BCUT2D eigenvalue weighted by molar-refractivity contribution is -0.144. The maximum Gasteiger partial charge on any atom is 0.308 e. The molecule has 1 N–H and O–H groups in total. The van der Waals surface area contributed by atoms with Gasteiger partial charge in [0.25, 0.3) is 0 Å². The van der Waals surface area contributed by atoms with Crippen molar-refractivity contribution in [1.82, 2.24) is 4.31 Å². The Bertz CT molecular complexity index is 736. The maximum atomic E-state index is 13.0. The minimum atomic E-state index is -3.96. The average molecular weight is 378 g/mol. The largest absolute Gasteiger partial charge is 0.493 e. The summed E-state index contributed by atoms with van der Waals surface area (Å²) in [5.41, 5.74) is 0. The molecule has 1 aliphatic heterocycles. The Morgan fingerprint density at radius 1 is 1.29 bits per heavy atom. The van der Waals surface area contributed by atoms with Crippen molar-refractivity contribution in [3.05, 3.63) is 17.2 Å². The third-order valence-electron chi connectivity index (χ3n) is 4.27. The summed E-state index contributed by atoms with van der Waals surface area (Å²) in [6.07, 6.45) is 0.924. The first kappa shape index (κ1) is 18.8. The van der Waals surface area contributed by atoms with Gasteiger partial charge in [0.1, 0.15) is 4.90 Å². The molecule has 7 nitrogen and oxygen atoms in total. The number of hydrogen-bond acceptors (Lipinski definition) is 5. The molecular weight excluding hydrogens is 358 g/mol. The molecule has 1 fully saturated rings. The van der Waals surface area contributed by atoms with Crippen LogP contribution in [0.2, 0.25) is 5.02 Å². The summed E-state index contributed by atoms with van der Waals surface area (Å²) < 4.78 is 37.5. The molecule has 0 saturated carbocycles. The van der Waals surface area contributed by atoms with E-state index >= 15 is 0 Å². The number of halogens is 1. The van der Waals surface area contributed by atoms with E-state index in [1.165, 1.54) is 30.7 Å². The van der Waals surface area contributed by atoms with Gasteiger partial charge < -0.3 is 14.6 Å². The van der Waals surface area contributed by atoms with E-state index in [1.54, 1.807) is 6.92 Å². The van der Waals surface area contributed by atoms with Crippen LogP contribution in [0.4, 0.5) is 0 Å². The van der Waals surface area contributed by atoms with E-state index < -0.39 is 28.0 Å². The molecule has 1 saturated heterocycles. The van der Waals surface area contributed by atoms with E-state index in [0.29, 0.717) is 18.6 Å². The van der Waals surface area contributed by atoms with Crippen LogP contribution in [-0.2, 0) is 14.8 Å². The molecule has 24 heavy (non-hydrogen) atoms. The predicted molar refractivity (Wildman–Crippen MR) is 88.3 cm³/mol. The predicted octanol–water partition coefficient (Wildman–Crippen LogP) is 2.23. The second kappa shape index (κ2) is 7.16. The first-order chi connectivity index (χ1) is 11.2. The number of carbonyl (C=O) groups is 1. The number of nitrogens with zero attached hydrogens (tertiary/aromatic N) is 1. The van der Waals surface area contributed by atoms with Crippen molar-refractivity contribution in [2.24, 2.45) is 5.92 Å². The van der Waals surface area contributed by atoms with Crippen LogP contribution in [0, 0.1) is 5.92 Å². The highest BCUT2D eigenvalue weighted by molar-refractivity contribution is 7.89. The lowest BCUT2D eigenvalue weighted by Crippen LogP contribution is -2.49. The summed E-state index contributed by atoms with van der Waals surface area (Å²) in [5, 5.41) is 9.28. The van der Waals surface area contributed by atoms with Crippen LogP contribution in [0.25, 0.3) is 0 Å². The number of ether oxygens (including phenoxy) is 2.